The highest BCUT2D eigenvalue weighted by Gasteiger charge is 2.36. The molecule has 0 spiro atoms. The van der Waals surface area contributed by atoms with Crippen LogP contribution in [0.2, 0.25) is 0 Å². The Morgan fingerprint density at radius 1 is 0.781 bits per heavy atom. The number of halogens is 5. The van der Waals surface area contributed by atoms with Gasteiger partial charge in [0.15, 0.2) is 17.5 Å². The van der Waals surface area contributed by atoms with Crippen LogP contribution in [-0.2, 0) is 0 Å². The minimum absolute atomic E-state index is 0.0792. The van der Waals surface area contributed by atoms with Crippen LogP contribution in [0.3, 0.4) is 0 Å². The molecule has 4 rings (SSSR count). The number of hydrogen-bond donors (Lipinski definition) is 0. The van der Waals surface area contributed by atoms with Gasteiger partial charge in [-0.3, -0.25) is 0 Å². The van der Waals surface area contributed by atoms with Gasteiger partial charge in [-0.25, -0.2) is 22.0 Å². The van der Waals surface area contributed by atoms with Gasteiger partial charge in [-0.05, 0) is 111 Å². The second kappa shape index (κ2) is 9.76. The molecule has 0 radical (unpaired) electrons. The topological polar surface area (TPSA) is 0 Å². The maximum atomic E-state index is 14.9. The maximum absolute atomic E-state index is 14.9. The van der Waals surface area contributed by atoms with Crippen LogP contribution in [0.25, 0.3) is 11.1 Å². The molecule has 172 valence electrons. The molecule has 0 nitrogen and oxygen atoms in total. The van der Waals surface area contributed by atoms with Gasteiger partial charge >= 0.3 is 0 Å². The van der Waals surface area contributed by atoms with Crippen molar-refractivity contribution in [3.8, 4) is 11.1 Å². The van der Waals surface area contributed by atoms with Crippen molar-refractivity contribution in [2.75, 3.05) is 0 Å². The molecule has 2 aromatic rings. The van der Waals surface area contributed by atoms with Gasteiger partial charge in [-0.15, -0.1) is 0 Å². The van der Waals surface area contributed by atoms with Crippen LogP contribution >= 0.6 is 0 Å². The molecule has 2 saturated carbocycles. The van der Waals surface area contributed by atoms with E-state index in [1.807, 2.05) is 6.92 Å². The Kier molecular flexibility index (Phi) is 7.02. The third kappa shape index (κ3) is 4.77. The summed E-state index contributed by atoms with van der Waals surface area (Å²) in [6, 6.07) is 3.82. The first-order chi connectivity index (χ1) is 15.4. The average Bonchev–Trinajstić information content (AvgIpc) is 2.76. The second-order valence-corrected chi connectivity index (χ2v) is 9.47. The van der Waals surface area contributed by atoms with Gasteiger partial charge in [0.05, 0.1) is 5.56 Å². The Morgan fingerprint density at radius 3 is 2.06 bits per heavy atom. The van der Waals surface area contributed by atoms with E-state index in [0.717, 1.165) is 31.6 Å². The first-order valence-electron chi connectivity index (χ1n) is 11.6. The van der Waals surface area contributed by atoms with E-state index in [4.69, 9.17) is 0 Å². The molecule has 2 aliphatic carbocycles. The number of hydrogen-bond acceptors (Lipinski definition) is 0. The zero-order valence-electron chi connectivity index (χ0n) is 18.3. The Labute approximate surface area is 186 Å². The van der Waals surface area contributed by atoms with Crippen LogP contribution in [0.4, 0.5) is 22.0 Å². The Hall–Kier alpha value is -2.17. The van der Waals surface area contributed by atoms with Crippen molar-refractivity contribution >= 4 is 0 Å². The fourth-order valence-electron chi connectivity index (χ4n) is 5.85. The summed E-state index contributed by atoms with van der Waals surface area (Å²) >= 11 is 0. The zero-order chi connectivity index (χ0) is 22.8. The molecule has 5 heteroatoms. The van der Waals surface area contributed by atoms with Crippen molar-refractivity contribution in [3.63, 3.8) is 0 Å². The fourth-order valence-corrected chi connectivity index (χ4v) is 5.85. The van der Waals surface area contributed by atoms with Gasteiger partial charge in [0.2, 0.25) is 0 Å². The molecule has 2 aromatic carbocycles. The minimum atomic E-state index is -1.65. The van der Waals surface area contributed by atoms with Crippen LogP contribution in [0.5, 0.6) is 0 Å². The van der Waals surface area contributed by atoms with E-state index in [-0.39, 0.29) is 11.5 Å². The summed E-state index contributed by atoms with van der Waals surface area (Å²) in [5, 5.41) is 0. The van der Waals surface area contributed by atoms with Crippen molar-refractivity contribution in [2.45, 2.75) is 64.2 Å². The minimum Gasteiger partial charge on any atom is -0.206 e. The molecule has 0 bridgehead atoms. The normalized spacial score (nSPS) is 25.8. The lowest BCUT2D eigenvalue weighted by Gasteiger charge is -2.42. The molecule has 2 aliphatic rings. The molecule has 2 fully saturated rings. The van der Waals surface area contributed by atoms with Crippen LogP contribution < -0.4 is 0 Å². The highest BCUT2D eigenvalue weighted by Crippen LogP contribution is 2.48. The smallest absolute Gasteiger partial charge is 0.194 e. The largest absolute Gasteiger partial charge is 0.206 e. The van der Waals surface area contributed by atoms with Crippen LogP contribution in [0.1, 0.15) is 69.8 Å². The van der Waals surface area contributed by atoms with Crippen molar-refractivity contribution in [1.82, 2.24) is 0 Å². The number of rotatable bonds is 5. The molecule has 4 unspecified atom stereocenters. The highest BCUT2D eigenvalue weighted by molar-refractivity contribution is 5.65. The standard InChI is InChI=1S/C27H29F5/c1-2-3-4-5-16-6-7-18-11-19(9-8-17(18)10-16)20-12-22(28)26(23(29)13-20)21-14-24(30)27(32)25(31)15-21/h2-3,12-19H,4-11H2,1H3/b3-2+. The molecule has 32 heavy (non-hydrogen) atoms. The van der Waals surface area contributed by atoms with Crippen molar-refractivity contribution in [3.05, 3.63) is 71.1 Å². The summed E-state index contributed by atoms with van der Waals surface area (Å²) in [5.74, 6) is -4.22. The SMILES string of the molecule is C/C=C/CCC1CCC2CC(c3cc(F)c(-c4cc(F)c(F)c(F)c4)c(F)c3)CCC2C1. The Morgan fingerprint density at radius 2 is 1.41 bits per heavy atom. The quantitative estimate of drug-likeness (QED) is 0.244. The fraction of sp³-hybridized carbons (Fsp3) is 0.481. The Bertz CT molecular complexity index is 950. The lowest BCUT2D eigenvalue weighted by molar-refractivity contribution is 0.115. The second-order valence-electron chi connectivity index (χ2n) is 9.47. The summed E-state index contributed by atoms with van der Waals surface area (Å²) in [7, 11) is 0. The molecular formula is C27H29F5. The number of allylic oxidation sites excluding steroid dienone is 2. The maximum Gasteiger partial charge on any atom is 0.194 e. The van der Waals surface area contributed by atoms with E-state index in [9.17, 15) is 22.0 Å². The van der Waals surface area contributed by atoms with Crippen LogP contribution in [0.15, 0.2) is 36.4 Å². The Balaban J connectivity index is 1.48. The lowest BCUT2D eigenvalue weighted by Crippen LogP contribution is -2.30. The average molecular weight is 449 g/mol. The first-order valence-corrected chi connectivity index (χ1v) is 11.6. The van der Waals surface area contributed by atoms with Crippen molar-refractivity contribution in [2.24, 2.45) is 17.8 Å². The van der Waals surface area contributed by atoms with Crippen LogP contribution in [0, 0.1) is 46.8 Å². The molecule has 0 N–H and O–H groups in total. The highest BCUT2D eigenvalue weighted by atomic mass is 19.2. The zero-order valence-corrected chi connectivity index (χ0v) is 18.3. The van der Waals surface area contributed by atoms with E-state index in [2.05, 4.69) is 12.2 Å². The van der Waals surface area contributed by atoms with E-state index < -0.39 is 34.6 Å². The molecule has 0 heterocycles. The molecular weight excluding hydrogens is 419 g/mol. The van der Waals surface area contributed by atoms with Gasteiger partial charge in [-0.1, -0.05) is 18.6 Å². The third-order valence-electron chi connectivity index (χ3n) is 7.51. The van der Waals surface area contributed by atoms with Gasteiger partial charge in [0, 0.05) is 0 Å². The third-order valence-corrected chi connectivity index (χ3v) is 7.51. The van der Waals surface area contributed by atoms with Gasteiger partial charge in [0.1, 0.15) is 11.6 Å². The summed E-state index contributed by atoms with van der Waals surface area (Å²) in [4.78, 5) is 0. The monoisotopic (exact) mass is 448 g/mol. The van der Waals surface area contributed by atoms with Gasteiger partial charge in [-0.2, -0.15) is 0 Å². The molecule has 0 amide bonds. The first kappa shape index (κ1) is 23.0. The lowest BCUT2D eigenvalue weighted by atomic mass is 9.63. The molecule has 0 aromatic heterocycles. The van der Waals surface area contributed by atoms with E-state index in [1.165, 1.54) is 37.8 Å². The summed E-state index contributed by atoms with van der Waals surface area (Å²) in [5.41, 5.74) is -0.273. The molecule has 0 saturated heterocycles. The number of fused-ring (bicyclic) bond motifs is 1. The van der Waals surface area contributed by atoms with E-state index in [1.54, 1.807) is 0 Å². The summed E-state index contributed by atoms with van der Waals surface area (Å²) < 4.78 is 70.1. The molecule has 0 aliphatic heterocycles. The molecule has 4 atom stereocenters. The van der Waals surface area contributed by atoms with Gasteiger partial charge < -0.3 is 0 Å². The predicted octanol–water partition coefficient (Wildman–Crippen LogP) is 8.71. The van der Waals surface area contributed by atoms with Gasteiger partial charge in [0.25, 0.3) is 0 Å². The number of benzene rings is 2. The van der Waals surface area contributed by atoms with E-state index >= 15 is 0 Å². The van der Waals surface area contributed by atoms with Crippen LogP contribution in [-0.4, -0.2) is 0 Å². The van der Waals surface area contributed by atoms with E-state index in [0.29, 0.717) is 29.5 Å². The predicted molar refractivity (Wildman–Crippen MR) is 117 cm³/mol. The van der Waals surface area contributed by atoms with Crippen molar-refractivity contribution < 1.29 is 22.0 Å². The summed E-state index contributed by atoms with van der Waals surface area (Å²) in [6.45, 7) is 2.05. The van der Waals surface area contributed by atoms with Crippen molar-refractivity contribution in [1.29, 1.82) is 0 Å². The summed E-state index contributed by atoms with van der Waals surface area (Å²) in [6.07, 6.45) is 13.2.